The molecule has 0 amide bonds. The maximum absolute atomic E-state index is 5.82. The van der Waals surface area contributed by atoms with Crippen LogP contribution >= 0.6 is 11.8 Å². The fourth-order valence-electron chi connectivity index (χ4n) is 1.52. The molecule has 6 heteroatoms. The summed E-state index contributed by atoms with van der Waals surface area (Å²) in [7, 11) is 0. The molecule has 5 nitrogen and oxygen atoms in total. The van der Waals surface area contributed by atoms with E-state index in [4.69, 9.17) is 4.42 Å². The van der Waals surface area contributed by atoms with Crippen molar-refractivity contribution in [2.24, 2.45) is 0 Å². The van der Waals surface area contributed by atoms with E-state index in [-0.39, 0.29) is 10.7 Å². The Labute approximate surface area is 117 Å². The highest BCUT2D eigenvalue weighted by atomic mass is 32.2. The van der Waals surface area contributed by atoms with Gasteiger partial charge >= 0.3 is 0 Å². The van der Waals surface area contributed by atoms with E-state index in [1.165, 1.54) is 0 Å². The number of hydrogen-bond donors (Lipinski definition) is 1. The Morgan fingerprint density at radius 3 is 2.68 bits per heavy atom. The molecule has 0 aromatic carbocycles. The Morgan fingerprint density at radius 2 is 2.16 bits per heavy atom. The molecule has 0 aliphatic heterocycles. The molecule has 0 saturated heterocycles. The minimum absolute atomic E-state index is 0.0183. The summed E-state index contributed by atoms with van der Waals surface area (Å²) in [6.07, 6.45) is 2.66. The summed E-state index contributed by atoms with van der Waals surface area (Å²) in [5.41, 5.74) is -0.0183. The van der Waals surface area contributed by atoms with Gasteiger partial charge in [-0.2, -0.15) is 0 Å². The minimum Gasteiger partial charge on any atom is -0.444 e. The first kappa shape index (κ1) is 14.1. The molecule has 0 saturated carbocycles. The van der Waals surface area contributed by atoms with Gasteiger partial charge in [-0.15, -0.1) is 5.10 Å². The van der Waals surface area contributed by atoms with Gasteiger partial charge in [0.15, 0.2) is 0 Å². The predicted molar refractivity (Wildman–Crippen MR) is 75.2 cm³/mol. The third-order valence-electron chi connectivity index (χ3n) is 2.74. The number of oxazole rings is 1. The van der Waals surface area contributed by atoms with E-state index in [0.717, 1.165) is 29.1 Å². The van der Waals surface area contributed by atoms with Crippen molar-refractivity contribution in [1.29, 1.82) is 0 Å². The summed E-state index contributed by atoms with van der Waals surface area (Å²) in [6.45, 7) is 10.4. The van der Waals surface area contributed by atoms with Gasteiger partial charge in [0, 0.05) is 11.8 Å². The van der Waals surface area contributed by atoms with Crippen molar-refractivity contribution >= 4 is 11.8 Å². The van der Waals surface area contributed by atoms with Crippen LogP contribution in [0.3, 0.4) is 0 Å². The molecule has 1 N–H and O–H groups in total. The van der Waals surface area contributed by atoms with E-state index < -0.39 is 0 Å². The fraction of sp³-hybridized carbons (Fsp3) is 0.615. The first-order valence-electron chi connectivity index (χ1n) is 6.44. The van der Waals surface area contributed by atoms with Crippen LogP contribution < -0.4 is 0 Å². The second kappa shape index (κ2) is 5.36. The molecule has 19 heavy (non-hydrogen) atoms. The quantitative estimate of drug-likeness (QED) is 0.868. The maximum Gasteiger partial charge on any atom is 0.209 e. The van der Waals surface area contributed by atoms with Crippen LogP contribution in [0.15, 0.2) is 15.8 Å². The van der Waals surface area contributed by atoms with Crippen molar-refractivity contribution in [3.8, 4) is 0 Å². The summed E-state index contributed by atoms with van der Waals surface area (Å²) in [4.78, 5) is 8.73. The molecule has 2 heterocycles. The monoisotopic (exact) mass is 280 g/mol. The van der Waals surface area contributed by atoms with Gasteiger partial charge in [-0.25, -0.2) is 9.97 Å². The summed E-state index contributed by atoms with van der Waals surface area (Å²) in [5, 5.41) is 7.90. The minimum atomic E-state index is -0.0183. The largest absolute Gasteiger partial charge is 0.444 e. The number of nitrogens with zero attached hydrogens (tertiary/aromatic N) is 3. The number of rotatable bonds is 4. The van der Waals surface area contributed by atoms with Crippen molar-refractivity contribution < 1.29 is 4.42 Å². The van der Waals surface area contributed by atoms with E-state index >= 15 is 0 Å². The standard InChI is InChI=1S/C13H20N4OS/c1-6-10-15-12(17-16-10)19-8(2)11-14-7-9(18-11)13(3,4)5/h7-8H,6H2,1-5H3,(H,15,16,17)/t8-/m0/s1. The molecule has 0 spiro atoms. The molecule has 2 aromatic heterocycles. The molecule has 0 bridgehead atoms. The van der Waals surface area contributed by atoms with Crippen LogP contribution in [0.5, 0.6) is 0 Å². The Hall–Kier alpha value is -1.30. The van der Waals surface area contributed by atoms with Crippen LogP contribution in [-0.4, -0.2) is 20.2 Å². The molecule has 0 unspecified atom stereocenters. The summed E-state index contributed by atoms with van der Waals surface area (Å²) < 4.78 is 5.82. The average Bonchev–Trinajstić information content (AvgIpc) is 2.96. The van der Waals surface area contributed by atoms with Crippen molar-refractivity contribution in [3.05, 3.63) is 23.7 Å². The highest BCUT2D eigenvalue weighted by molar-refractivity contribution is 7.99. The number of nitrogens with one attached hydrogen (secondary N) is 1. The zero-order valence-corrected chi connectivity index (χ0v) is 12.8. The Balaban J connectivity index is 2.07. The van der Waals surface area contributed by atoms with Crippen LogP contribution in [0.1, 0.15) is 57.3 Å². The third kappa shape index (κ3) is 3.37. The number of aryl methyl sites for hydroxylation is 1. The Bertz CT molecular complexity index is 541. The van der Waals surface area contributed by atoms with E-state index in [2.05, 4.69) is 40.9 Å². The van der Waals surface area contributed by atoms with Gasteiger partial charge in [0.1, 0.15) is 11.6 Å². The lowest BCUT2D eigenvalue weighted by Gasteiger charge is -2.13. The number of aromatic nitrogens is 4. The molecular weight excluding hydrogens is 260 g/mol. The lowest BCUT2D eigenvalue weighted by Crippen LogP contribution is -2.09. The second-order valence-electron chi connectivity index (χ2n) is 5.49. The smallest absolute Gasteiger partial charge is 0.209 e. The number of hydrogen-bond acceptors (Lipinski definition) is 5. The number of thioether (sulfide) groups is 1. The molecule has 1 atom stereocenters. The van der Waals surface area contributed by atoms with Gasteiger partial charge < -0.3 is 4.42 Å². The molecule has 2 aromatic rings. The summed E-state index contributed by atoms with van der Waals surface area (Å²) in [5.74, 6) is 2.52. The second-order valence-corrected chi connectivity index (χ2v) is 6.80. The highest BCUT2D eigenvalue weighted by Gasteiger charge is 2.22. The molecule has 0 radical (unpaired) electrons. The van der Waals surface area contributed by atoms with Crippen LogP contribution in [0.4, 0.5) is 0 Å². The SMILES string of the molecule is CCc1nc(S[C@@H](C)c2ncc(C(C)(C)C)o2)n[nH]1. The van der Waals surface area contributed by atoms with E-state index in [9.17, 15) is 0 Å². The average molecular weight is 280 g/mol. The predicted octanol–water partition coefficient (Wildman–Crippen LogP) is 3.51. The highest BCUT2D eigenvalue weighted by Crippen LogP contribution is 2.34. The van der Waals surface area contributed by atoms with E-state index in [1.807, 2.05) is 20.0 Å². The van der Waals surface area contributed by atoms with Crippen LogP contribution in [0.2, 0.25) is 0 Å². The zero-order valence-electron chi connectivity index (χ0n) is 12.0. The number of aromatic amines is 1. The topological polar surface area (TPSA) is 67.6 Å². The van der Waals surface area contributed by atoms with Gasteiger partial charge in [0.2, 0.25) is 11.0 Å². The van der Waals surface area contributed by atoms with Gasteiger partial charge in [0.25, 0.3) is 0 Å². The Morgan fingerprint density at radius 1 is 1.42 bits per heavy atom. The lowest BCUT2D eigenvalue weighted by molar-refractivity contribution is 0.383. The number of H-pyrrole nitrogens is 1. The van der Waals surface area contributed by atoms with Gasteiger partial charge in [-0.3, -0.25) is 5.10 Å². The molecule has 0 aliphatic carbocycles. The van der Waals surface area contributed by atoms with Crippen molar-refractivity contribution in [1.82, 2.24) is 20.2 Å². The Kier molecular flexibility index (Phi) is 3.99. The normalized spacial score (nSPS) is 13.7. The van der Waals surface area contributed by atoms with Gasteiger partial charge in [-0.05, 0) is 6.92 Å². The van der Waals surface area contributed by atoms with Crippen LogP contribution in [0, 0.1) is 0 Å². The lowest BCUT2D eigenvalue weighted by atomic mass is 9.94. The molecule has 0 aliphatic rings. The fourth-order valence-corrected chi connectivity index (χ4v) is 2.31. The molecule has 0 fully saturated rings. The van der Waals surface area contributed by atoms with Crippen molar-refractivity contribution in [2.45, 2.75) is 56.9 Å². The molecular formula is C13H20N4OS. The first-order valence-corrected chi connectivity index (χ1v) is 7.32. The van der Waals surface area contributed by atoms with Crippen LogP contribution in [-0.2, 0) is 11.8 Å². The van der Waals surface area contributed by atoms with Crippen molar-refractivity contribution in [3.63, 3.8) is 0 Å². The van der Waals surface area contributed by atoms with Gasteiger partial charge in [0.05, 0.1) is 11.4 Å². The van der Waals surface area contributed by atoms with Crippen molar-refractivity contribution in [2.75, 3.05) is 0 Å². The summed E-state index contributed by atoms with van der Waals surface area (Å²) >= 11 is 1.55. The van der Waals surface area contributed by atoms with E-state index in [0.29, 0.717) is 0 Å². The zero-order chi connectivity index (χ0) is 14.0. The third-order valence-corrected chi connectivity index (χ3v) is 3.69. The van der Waals surface area contributed by atoms with E-state index in [1.54, 1.807) is 11.8 Å². The molecule has 2 rings (SSSR count). The maximum atomic E-state index is 5.82. The summed E-state index contributed by atoms with van der Waals surface area (Å²) in [6, 6.07) is 0. The van der Waals surface area contributed by atoms with Crippen LogP contribution in [0.25, 0.3) is 0 Å². The molecule has 104 valence electrons. The first-order chi connectivity index (χ1) is 8.90. The van der Waals surface area contributed by atoms with Gasteiger partial charge in [-0.1, -0.05) is 39.5 Å².